The number of nitrogens with one attached hydrogen (secondary N) is 1. The Morgan fingerprint density at radius 1 is 1.46 bits per heavy atom. The second-order valence-electron chi connectivity index (χ2n) is 5.99. The van der Waals surface area contributed by atoms with Gasteiger partial charge in [-0.3, -0.25) is 9.20 Å². The number of nitrogens with zero attached hydrogens (tertiary/aromatic N) is 4. The van der Waals surface area contributed by atoms with Gasteiger partial charge in [-0.05, 0) is 31.9 Å². The number of aryl methyl sites for hydroxylation is 1. The first-order valence-corrected chi connectivity index (χ1v) is 9.00. The largest absolute Gasteiger partial charge is 0.349 e. The molecule has 124 valence electrons. The minimum atomic E-state index is -0.0720. The summed E-state index contributed by atoms with van der Waals surface area (Å²) in [5.74, 6) is -0.0720. The van der Waals surface area contributed by atoms with Crippen LogP contribution in [-0.4, -0.2) is 39.4 Å². The van der Waals surface area contributed by atoms with Gasteiger partial charge in [-0.15, -0.1) is 11.3 Å². The molecule has 7 heteroatoms. The van der Waals surface area contributed by atoms with Crippen molar-refractivity contribution in [2.45, 2.75) is 25.8 Å². The van der Waals surface area contributed by atoms with Gasteiger partial charge in [0.15, 0.2) is 5.13 Å². The average molecular weight is 341 g/mol. The van der Waals surface area contributed by atoms with E-state index in [1.165, 1.54) is 0 Å². The Labute approximate surface area is 144 Å². The van der Waals surface area contributed by atoms with Crippen LogP contribution in [0.15, 0.2) is 36.0 Å². The van der Waals surface area contributed by atoms with E-state index in [1.54, 1.807) is 11.3 Å². The molecule has 1 saturated heterocycles. The number of fused-ring (bicyclic) bond motifs is 1. The van der Waals surface area contributed by atoms with Gasteiger partial charge in [-0.25, -0.2) is 9.97 Å². The van der Waals surface area contributed by atoms with E-state index in [0.717, 1.165) is 35.9 Å². The van der Waals surface area contributed by atoms with E-state index >= 15 is 0 Å². The van der Waals surface area contributed by atoms with Crippen LogP contribution in [0.5, 0.6) is 0 Å². The van der Waals surface area contributed by atoms with Crippen molar-refractivity contribution in [3.05, 3.63) is 47.4 Å². The van der Waals surface area contributed by atoms with Gasteiger partial charge in [0.05, 0.1) is 5.69 Å². The number of thiazole rings is 1. The highest BCUT2D eigenvalue weighted by molar-refractivity contribution is 7.13. The first-order chi connectivity index (χ1) is 11.7. The van der Waals surface area contributed by atoms with Crippen molar-refractivity contribution < 1.29 is 4.79 Å². The molecule has 1 unspecified atom stereocenters. The predicted octanol–water partition coefficient (Wildman–Crippen LogP) is 2.50. The summed E-state index contributed by atoms with van der Waals surface area (Å²) in [7, 11) is 0. The Morgan fingerprint density at radius 3 is 3.21 bits per heavy atom. The standard InChI is InChI=1S/C17H19N5OS/c1-12-15(22-8-3-2-6-14(22)20-12)16(23)19-11-13-5-4-9-21(13)17-18-7-10-24-17/h2-3,6-8,10,13H,4-5,9,11H2,1H3,(H,19,23). The smallest absolute Gasteiger partial charge is 0.270 e. The van der Waals surface area contributed by atoms with E-state index in [1.807, 2.05) is 47.3 Å². The number of anilines is 1. The van der Waals surface area contributed by atoms with Crippen molar-refractivity contribution in [2.75, 3.05) is 18.0 Å². The van der Waals surface area contributed by atoms with Crippen molar-refractivity contribution in [3.8, 4) is 0 Å². The van der Waals surface area contributed by atoms with Crippen molar-refractivity contribution in [2.24, 2.45) is 0 Å². The molecule has 1 amide bonds. The molecular weight excluding hydrogens is 322 g/mol. The quantitative estimate of drug-likeness (QED) is 0.792. The van der Waals surface area contributed by atoms with Gasteiger partial charge in [0, 0.05) is 36.9 Å². The highest BCUT2D eigenvalue weighted by Gasteiger charge is 2.27. The number of hydrogen-bond acceptors (Lipinski definition) is 5. The Bertz CT molecular complexity index is 857. The molecule has 1 atom stereocenters. The lowest BCUT2D eigenvalue weighted by Crippen LogP contribution is -2.40. The summed E-state index contributed by atoms with van der Waals surface area (Å²) in [6, 6.07) is 6.05. The summed E-state index contributed by atoms with van der Waals surface area (Å²) in [6.45, 7) is 3.50. The molecule has 0 bridgehead atoms. The average Bonchev–Trinajstić information content (AvgIpc) is 3.30. The first kappa shape index (κ1) is 15.1. The zero-order chi connectivity index (χ0) is 16.5. The SMILES string of the molecule is Cc1nc2ccccn2c1C(=O)NCC1CCCN1c1nccs1. The summed E-state index contributed by atoms with van der Waals surface area (Å²) in [5, 5.41) is 6.12. The molecular formula is C17H19N5OS. The third-order valence-corrected chi connectivity index (χ3v) is 5.27. The number of aromatic nitrogens is 3. The molecule has 4 rings (SSSR count). The van der Waals surface area contributed by atoms with Gasteiger partial charge < -0.3 is 10.2 Å². The molecule has 6 nitrogen and oxygen atoms in total. The predicted molar refractivity (Wildman–Crippen MR) is 94.7 cm³/mol. The third-order valence-electron chi connectivity index (χ3n) is 4.46. The number of pyridine rings is 1. The molecule has 1 aliphatic rings. The van der Waals surface area contributed by atoms with Crippen LogP contribution < -0.4 is 10.2 Å². The maximum absolute atomic E-state index is 12.7. The van der Waals surface area contributed by atoms with Crippen LogP contribution >= 0.6 is 11.3 Å². The molecule has 24 heavy (non-hydrogen) atoms. The second-order valence-corrected chi connectivity index (χ2v) is 6.86. The van der Waals surface area contributed by atoms with Gasteiger partial charge in [0.1, 0.15) is 11.3 Å². The fourth-order valence-corrected chi connectivity index (χ4v) is 4.08. The van der Waals surface area contributed by atoms with Gasteiger partial charge in [-0.1, -0.05) is 6.07 Å². The number of carbonyl (C=O) groups is 1. The van der Waals surface area contributed by atoms with E-state index in [9.17, 15) is 4.79 Å². The Kier molecular flexibility index (Phi) is 3.93. The van der Waals surface area contributed by atoms with Crippen molar-refractivity contribution >= 4 is 28.0 Å². The van der Waals surface area contributed by atoms with Crippen LogP contribution in [0, 0.1) is 6.92 Å². The Balaban J connectivity index is 1.49. The fourth-order valence-electron chi connectivity index (χ4n) is 3.34. The summed E-state index contributed by atoms with van der Waals surface area (Å²) in [5.41, 5.74) is 2.16. The van der Waals surface area contributed by atoms with Crippen LogP contribution in [-0.2, 0) is 0 Å². The summed E-state index contributed by atoms with van der Waals surface area (Å²) < 4.78 is 1.85. The normalized spacial score (nSPS) is 17.5. The van der Waals surface area contributed by atoms with Crippen LogP contribution in [0.2, 0.25) is 0 Å². The number of imidazole rings is 1. The third kappa shape index (κ3) is 2.65. The highest BCUT2D eigenvalue weighted by atomic mass is 32.1. The summed E-state index contributed by atoms with van der Waals surface area (Å²) in [6.07, 6.45) is 5.91. The summed E-state index contributed by atoms with van der Waals surface area (Å²) >= 11 is 1.65. The Morgan fingerprint density at radius 2 is 2.38 bits per heavy atom. The number of hydrogen-bond donors (Lipinski definition) is 1. The lowest BCUT2D eigenvalue weighted by atomic mass is 10.2. The van der Waals surface area contributed by atoms with E-state index in [4.69, 9.17) is 0 Å². The van der Waals surface area contributed by atoms with E-state index in [-0.39, 0.29) is 5.91 Å². The second kappa shape index (κ2) is 6.24. The number of carbonyl (C=O) groups excluding carboxylic acids is 1. The molecule has 0 spiro atoms. The van der Waals surface area contributed by atoms with Crippen LogP contribution in [0.1, 0.15) is 29.0 Å². The maximum atomic E-state index is 12.7. The molecule has 1 N–H and O–H groups in total. The minimum Gasteiger partial charge on any atom is -0.349 e. The van der Waals surface area contributed by atoms with Crippen LogP contribution in [0.3, 0.4) is 0 Å². The molecule has 4 heterocycles. The lowest BCUT2D eigenvalue weighted by Gasteiger charge is -2.24. The molecule has 3 aromatic heterocycles. The number of rotatable bonds is 4. The van der Waals surface area contributed by atoms with Gasteiger partial charge in [0.2, 0.25) is 0 Å². The Hall–Kier alpha value is -2.41. The van der Waals surface area contributed by atoms with Crippen LogP contribution in [0.25, 0.3) is 5.65 Å². The molecule has 3 aromatic rings. The molecule has 1 aliphatic heterocycles. The minimum absolute atomic E-state index is 0.0720. The topological polar surface area (TPSA) is 62.5 Å². The van der Waals surface area contributed by atoms with Gasteiger partial charge >= 0.3 is 0 Å². The monoisotopic (exact) mass is 341 g/mol. The highest BCUT2D eigenvalue weighted by Crippen LogP contribution is 2.26. The van der Waals surface area contributed by atoms with Crippen molar-refractivity contribution in [1.82, 2.24) is 19.7 Å². The molecule has 1 fully saturated rings. The molecule has 0 radical (unpaired) electrons. The first-order valence-electron chi connectivity index (χ1n) is 8.12. The number of amides is 1. The van der Waals surface area contributed by atoms with Gasteiger partial charge in [0.25, 0.3) is 5.91 Å². The maximum Gasteiger partial charge on any atom is 0.270 e. The van der Waals surface area contributed by atoms with Crippen molar-refractivity contribution in [1.29, 1.82) is 0 Å². The fraction of sp³-hybridized carbons (Fsp3) is 0.353. The zero-order valence-corrected chi connectivity index (χ0v) is 14.3. The molecule has 0 saturated carbocycles. The van der Waals surface area contributed by atoms with Crippen LogP contribution in [0.4, 0.5) is 5.13 Å². The molecule has 0 aromatic carbocycles. The zero-order valence-electron chi connectivity index (χ0n) is 13.5. The van der Waals surface area contributed by atoms with Crippen molar-refractivity contribution in [3.63, 3.8) is 0 Å². The molecule has 0 aliphatic carbocycles. The van der Waals surface area contributed by atoms with E-state index in [0.29, 0.717) is 18.3 Å². The lowest BCUT2D eigenvalue weighted by molar-refractivity contribution is 0.0945. The van der Waals surface area contributed by atoms with E-state index in [2.05, 4.69) is 20.2 Å². The summed E-state index contributed by atoms with van der Waals surface area (Å²) in [4.78, 5) is 23.8. The van der Waals surface area contributed by atoms with E-state index < -0.39 is 0 Å². The van der Waals surface area contributed by atoms with Gasteiger partial charge in [-0.2, -0.15) is 0 Å².